The number of rotatable bonds is 3. The molecular formula is C11H22N2O3. The summed E-state index contributed by atoms with van der Waals surface area (Å²) in [5.41, 5.74) is 3.94. The Kier molecular flexibility index (Phi) is 5.85. The molecule has 0 saturated carbocycles. The summed E-state index contributed by atoms with van der Waals surface area (Å²) < 4.78 is 4.95. The molecule has 0 atom stereocenters. The molecule has 0 saturated heterocycles. The number of amides is 2. The van der Waals surface area contributed by atoms with E-state index >= 15 is 0 Å². The number of ether oxygens (including phenoxy) is 1. The van der Waals surface area contributed by atoms with Crippen molar-refractivity contribution in [1.29, 1.82) is 0 Å². The van der Waals surface area contributed by atoms with Gasteiger partial charge in [0, 0.05) is 6.42 Å². The van der Waals surface area contributed by atoms with Gasteiger partial charge >= 0.3 is 6.09 Å². The molecule has 16 heavy (non-hydrogen) atoms. The van der Waals surface area contributed by atoms with Gasteiger partial charge in [-0.2, -0.15) is 0 Å². The molecule has 0 radical (unpaired) electrons. The largest absolute Gasteiger partial charge is 0.443 e. The van der Waals surface area contributed by atoms with Crippen LogP contribution in [0.5, 0.6) is 0 Å². The van der Waals surface area contributed by atoms with E-state index < -0.39 is 11.7 Å². The van der Waals surface area contributed by atoms with Crippen molar-refractivity contribution in [1.82, 2.24) is 10.9 Å². The van der Waals surface area contributed by atoms with Gasteiger partial charge in [0.25, 0.3) is 0 Å². The first-order chi connectivity index (χ1) is 7.20. The summed E-state index contributed by atoms with van der Waals surface area (Å²) in [6, 6.07) is 0. The average molecular weight is 230 g/mol. The van der Waals surface area contributed by atoms with E-state index in [0.717, 1.165) is 6.42 Å². The molecule has 0 bridgehead atoms. The fourth-order valence-electron chi connectivity index (χ4n) is 0.907. The molecular weight excluding hydrogens is 208 g/mol. The topological polar surface area (TPSA) is 67.4 Å². The Morgan fingerprint density at radius 1 is 1.19 bits per heavy atom. The Hall–Kier alpha value is -1.26. The van der Waals surface area contributed by atoms with E-state index in [2.05, 4.69) is 10.9 Å². The third kappa shape index (κ3) is 9.30. The van der Waals surface area contributed by atoms with Gasteiger partial charge in [-0.25, -0.2) is 10.2 Å². The molecule has 0 aliphatic rings. The first-order valence-electron chi connectivity index (χ1n) is 5.48. The van der Waals surface area contributed by atoms with Gasteiger partial charge in [0.15, 0.2) is 0 Å². The zero-order chi connectivity index (χ0) is 12.8. The summed E-state index contributed by atoms with van der Waals surface area (Å²) in [5, 5.41) is 0. The fraction of sp³-hybridized carbons (Fsp3) is 0.818. The number of carbonyl (C=O) groups excluding carboxylic acids is 2. The fourth-order valence-corrected chi connectivity index (χ4v) is 0.907. The second-order valence-electron chi connectivity index (χ2n) is 5.11. The summed E-state index contributed by atoms with van der Waals surface area (Å²) in [6.07, 6.45) is 0.542. The Bertz CT molecular complexity index is 244. The molecule has 0 aliphatic heterocycles. The number of nitrogens with one attached hydrogen (secondary N) is 2. The lowest BCUT2D eigenvalue weighted by Gasteiger charge is -2.19. The van der Waals surface area contributed by atoms with Crippen LogP contribution in [0.3, 0.4) is 0 Å². The molecule has 0 aromatic rings. The Morgan fingerprint density at radius 3 is 2.19 bits per heavy atom. The van der Waals surface area contributed by atoms with Gasteiger partial charge < -0.3 is 4.74 Å². The van der Waals surface area contributed by atoms with Crippen LogP contribution in [-0.2, 0) is 9.53 Å². The molecule has 0 aromatic carbocycles. The zero-order valence-corrected chi connectivity index (χ0v) is 10.7. The predicted molar refractivity (Wildman–Crippen MR) is 61.6 cm³/mol. The van der Waals surface area contributed by atoms with Crippen molar-refractivity contribution in [2.24, 2.45) is 5.92 Å². The highest BCUT2D eigenvalue weighted by atomic mass is 16.6. The molecule has 0 aromatic heterocycles. The van der Waals surface area contributed by atoms with Crippen molar-refractivity contribution in [3.63, 3.8) is 0 Å². The van der Waals surface area contributed by atoms with Crippen molar-refractivity contribution in [3.05, 3.63) is 0 Å². The average Bonchev–Trinajstić information content (AvgIpc) is 2.08. The maximum atomic E-state index is 11.2. The lowest BCUT2D eigenvalue weighted by molar-refractivity contribution is -0.122. The van der Waals surface area contributed by atoms with E-state index in [-0.39, 0.29) is 5.91 Å². The van der Waals surface area contributed by atoms with E-state index in [4.69, 9.17) is 4.74 Å². The lowest BCUT2D eigenvalue weighted by Crippen LogP contribution is -2.44. The summed E-state index contributed by atoms with van der Waals surface area (Å²) in [5.74, 6) is 0.256. The van der Waals surface area contributed by atoms with Gasteiger partial charge in [-0.3, -0.25) is 10.2 Å². The van der Waals surface area contributed by atoms with Crippen molar-refractivity contribution in [2.75, 3.05) is 0 Å². The number of hydrogen-bond acceptors (Lipinski definition) is 3. The highest BCUT2D eigenvalue weighted by Crippen LogP contribution is 2.06. The molecule has 0 aliphatic carbocycles. The SMILES string of the molecule is CC(C)CCC(=O)NNC(=O)OC(C)(C)C. The Balaban J connectivity index is 3.72. The Morgan fingerprint density at radius 2 is 1.75 bits per heavy atom. The van der Waals surface area contributed by atoms with Crippen LogP contribution >= 0.6 is 0 Å². The monoisotopic (exact) mass is 230 g/mol. The van der Waals surface area contributed by atoms with Crippen LogP contribution in [0.4, 0.5) is 4.79 Å². The second kappa shape index (κ2) is 6.35. The highest BCUT2D eigenvalue weighted by Gasteiger charge is 2.16. The van der Waals surface area contributed by atoms with Gasteiger partial charge in [-0.1, -0.05) is 13.8 Å². The summed E-state index contributed by atoms with van der Waals surface area (Å²) in [7, 11) is 0. The minimum atomic E-state index is -0.648. The molecule has 5 heteroatoms. The lowest BCUT2D eigenvalue weighted by atomic mass is 10.1. The maximum absolute atomic E-state index is 11.2. The first kappa shape index (κ1) is 14.7. The van der Waals surface area contributed by atoms with E-state index in [1.54, 1.807) is 20.8 Å². The second-order valence-corrected chi connectivity index (χ2v) is 5.11. The van der Waals surface area contributed by atoms with Gasteiger partial charge in [0.2, 0.25) is 5.91 Å². The molecule has 0 spiro atoms. The molecule has 0 rings (SSSR count). The normalized spacial score (nSPS) is 11.1. The van der Waals surface area contributed by atoms with Gasteiger partial charge in [0.1, 0.15) is 5.60 Å². The van der Waals surface area contributed by atoms with Crippen LogP contribution in [0.2, 0.25) is 0 Å². The molecule has 0 unspecified atom stereocenters. The van der Waals surface area contributed by atoms with Gasteiger partial charge in [-0.05, 0) is 33.1 Å². The van der Waals surface area contributed by atoms with Crippen LogP contribution in [-0.4, -0.2) is 17.6 Å². The third-order valence-electron chi connectivity index (χ3n) is 1.65. The zero-order valence-electron chi connectivity index (χ0n) is 10.7. The first-order valence-corrected chi connectivity index (χ1v) is 5.48. The van der Waals surface area contributed by atoms with Crippen LogP contribution < -0.4 is 10.9 Å². The number of carbonyl (C=O) groups is 2. The number of hydrogen-bond donors (Lipinski definition) is 2. The van der Waals surface area contributed by atoms with Gasteiger partial charge in [0.05, 0.1) is 0 Å². The van der Waals surface area contributed by atoms with Crippen LogP contribution in [0.1, 0.15) is 47.5 Å². The molecule has 2 N–H and O–H groups in total. The van der Waals surface area contributed by atoms with Crippen molar-refractivity contribution < 1.29 is 14.3 Å². The third-order valence-corrected chi connectivity index (χ3v) is 1.65. The van der Waals surface area contributed by atoms with Crippen molar-refractivity contribution >= 4 is 12.0 Å². The predicted octanol–water partition coefficient (Wildman–Crippen LogP) is 1.98. The van der Waals surface area contributed by atoms with E-state index in [9.17, 15) is 9.59 Å². The van der Waals surface area contributed by atoms with Crippen molar-refractivity contribution in [3.8, 4) is 0 Å². The standard InChI is InChI=1S/C11H22N2O3/c1-8(2)6-7-9(14)12-13-10(15)16-11(3,4)5/h8H,6-7H2,1-5H3,(H,12,14)(H,13,15). The van der Waals surface area contributed by atoms with Gasteiger partial charge in [-0.15, -0.1) is 0 Å². The minimum Gasteiger partial charge on any atom is -0.443 e. The maximum Gasteiger partial charge on any atom is 0.426 e. The highest BCUT2D eigenvalue weighted by molar-refractivity contribution is 5.79. The van der Waals surface area contributed by atoms with E-state index in [1.165, 1.54) is 0 Å². The molecule has 0 fully saturated rings. The van der Waals surface area contributed by atoms with E-state index in [0.29, 0.717) is 12.3 Å². The quantitative estimate of drug-likeness (QED) is 0.728. The Labute approximate surface area is 96.9 Å². The van der Waals surface area contributed by atoms with Crippen molar-refractivity contribution in [2.45, 2.75) is 53.1 Å². The molecule has 5 nitrogen and oxygen atoms in total. The van der Waals surface area contributed by atoms with Crippen LogP contribution in [0.25, 0.3) is 0 Å². The smallest absolute Gasteiger partial charge is 0.426 e. The summed E-state index contributed by atoms with van der Waals surface area (Å²) >= 11 is 0. The van der Waals surface area contributed by atoms with Crippen LogP contribution in [0, 0.1) is 5.92 Å². The summed E-state index contributed by atoms with van der Waals surface area (Å²) in [4.78, 5) is 22.4. The molecule has 2 amide bonds. The molecule has 94 valence electrons. The van der Waals surface area contributed by atoms with E-state index in [1.807, 2.05) is 13.8 Å². The van der Waals surface area contributed by atoms with Crippen LogP contribution in [0.15, 0.2) is 0 Å². The summed E-state index contributed by atoms with van der Waals surface area (Å²) in [6.45, 7) is 9.34. The number of hydrazine groups is 1. The molecule has 0 heterocycles. The minimum absolute atomic E-state index is 0.209.